The Labute approximate surface area is 121 Å². The Bertz CT molecular complexity index is 870. The average Bonchev–Trinajstić information content (AvgIpc) is 3.07. The van der Waals surface area contributed by atoms with Crippen molar-refractivity contribution in [2.24, 2.45) is 0 Å². The predicted octanol–water partition coefficient (Wildman–Crippen LogP) is 2.47. The summed E-state index contributed by atoms with van der Waals surface area (Å²) >= 11 is 0. The first-order valence-electron chi connectivity index (χ1n) is 6.74. The third kappa shape index (κ3) is 1.68. The fourth-order valence-corrected chi connectivity index (χ4v) is 2.70. The zero-order valence-electron chi connectivity index (χ0n) is 12.0. The maximum absolute atomic E-state index is 5.43. The zero-order valence-corrected chi connectivity index (χ0v) is 12.0. The van der Waals surface area contributed by atoms with Gasteiger partial charge in [-0.1, -0.05) is 0 Å². The lowest BCUT2D eigenvalue weighted by molar-refractivity contribution is 0.174. The van der Waals surface area contributed by atoms with Crippen molar-refractivity contribution >= 4 is 10.9 Å². The molecular weight excluding hydrogens is 268 g/mol. The maximum Gasteiger partial charge on any atom is 0.231 e. The van der Waals surface area contributed by atoms with E-state index in [-0.39, 0.29) is 6.79 Å². The first-order chi connectivity index (χ1) is 10.1. The monoisotopic (exact) mass is 282 g/mol. The molecule has 0 amide bonds. The van der Waals surface area contributed by atoms with Crippen LogP contribution in [-0.2, 0) is 0 Å². The Kier molecular flexibility index (Phi) is 2.42. The standard InChI is InChI=1S/C15H14N4O2/c1-8-14-10(3)19(18-15(14)9(2)17-16-8)11-4-5-12-13(6-11)21-7-20-12/h4-6H,7H2,1-3H3. The van der Waals surface area contributed by atoms with Gasteiger partial charge in [-0.15, -0.1) is 0 Å². The van der Waals surface area contributed by atoms with Crippen molar-refractivity contribution in [3.8, 4) is 17.2 Å². The van der Waals surface area contributed by atoms with E-state index < -0.39 is 0 Å². The van der Waals surface area contributed by atoms with Crippen molar-refractivity contribution in [3.05, 3.63) is 35.3 Å². The minimum Gasteiger partial charge on any atom is -0.454 e. The molecule has 21 heavy (non-hydrogen) atoms. The molecule has 106 valence electrons. The van der Waals surface area contributed by atoms with Gasteiger partial charge in [0.05, 0.1) is 22.8 Å². The highest BCUT2D eigenvalue weighted by Crippen LogP contribution is 2.34. The highest BCUT2D eigenvalue weighted by Gasteiger charge is 2.18. The average molecular weight is 282 g/mol. The van der Waals surface area contributed by atoms with Gasteiger partial charge >= 0.3 is 0 Å². The van der Waals surface area contributed by atoms with Gasteiger partial charge in [-0.2, -0.15) is 15.3 Å². The van der Waals surface area contributed by atoms with Crippen molar-refractivity contribution in [1.29, 1.82) is 0 Å². The smallest absolute Gasteiger partial charge is 0.231 e. The Morgan fingerprint density at radius 1 is 1.00 bits per heavy atom. The number of ether oxygens (including phenoxy) is 2. The third-order valence-corrected chi connectivity index (χ3v) is 3.77. The summed E-state index contributed by atoms with van der Waals surface area (Å²) in [7, 11) is 0. The molecule has 1 aliphatic rings. The molecule has 0 saturated heterocycles. The summed E-state index contributed by atoms with van der Waals surface area (Å²) in [5, 5.41) is 14.1. The molecule has 0 atom stereocenters. The molecule has 0 radical (unpaired) electrons. The van der Waals surface area contributed by atoms with Crippen LogP contribution >= 0.6 is 0 Å². The lowest BCUT2D eigenvalue weighted by atomic mass is 10.2. The molecule has 0 saturated carbocycles. The van der Waals surface area contributed by atoms with E-state index in [1.807, 2.05) is 43.7 Å². The van der Waals surface area contributed by atoms with E-state index in [0.717, 1.165) is 45.2 Å². The molecule has 0 unspecified atom stereocenters. The van der Waals surface area contributed by atoms with Gasteiger partial charge in [0.25, 0.3) is 0 Å². The molecule has 0 bridgehead atoms. The van der Waals surface area contributed by atoms with Crippen molar-refractivity contribution < 1.29 is 9.47 Å². The highest BCUT2D eigenvalue weighted by atomic mass is 16.7. The molecule has 0 aliphatic carbocycles. The molecule has 1 aliphatic heterocycles. The zero-order chi connectivity index (χ0) is 14.6. The van der Waals surface area contributed by atoms with Crippen LogP contribution in [0.5, 0.6) is 11.5 Å². The van der Waals surface area contributed by atoms with Crippen LogP contribution in [0, 0.1) is 20.8 Å². The van der Waals surface area contributed by atoms with E-state index in [9.17, 15) is 0 Å². The predicted molar refractivity (Wildman–Crippen MR) is 77.0 cm³/mol. The van der Waals surface area contributed by atoms with E-state index in [4.69, 9.17) is 9.47 Å². The summed E-state index contributed by atoms with van der Waals surface area (Å²) in [6.45, 7) is 6.18. The molecule has 4 rings (SSSR count). The fraction of sp³-hybridized carbons (Fsp3) is 0.267. The van der Waals surface area contributed by atoms with E-state index >= 15 is 0 Å². The summed E-state index contributed by atoms with van der Waals surface area (Å²) in [4.78, 5) is 0. The van der Waals surface area contributed by atoms with E-state index in [2.05, 4.69) is 15.3 Å². The number of rotatable bonds is 1. The summed E-state index contributed by atoms with van der Waals surface area (Å²) in [5.41, 5.74) is 4.59. The molecule has 2 aromatic heterocycles. The van der Waals surface area contributed by atoms with Gasteiger partial charge in [-0.25, -0.2) is 4.68 Å². The number of aryl methyl sites for hydroxylation is 3. The van der Waals surface area contributed by atoms with Crippen molar-refractivity contribution in [2.75, 3.05) is 6.79 Å². The van der Waals surface area contributed by atoms with E-state index in [0.29, 0.717) is 0 Å². The largest absolute Gasteiger partial charge is 0.454 e. The molecule has 1 aromatic carbocycles. The normalized spacial score (nSPS) is 13.1. The minimum atomic E-state index is 0.269. The summed E-state index contributed by atoms with van der Waals surface area (Å²) < 4.78 is 12.7. The van der Waals surface area contributed by atoms with Crippen LogP contribution in [0.4, 0.5) is 0 Å². The molecule has 3 aromatic rings. The van der Waals surface area contributed by atoms with Crippen LogP contribution in [0.3, 0.4) is 0 Å². The molecule has 6 nitrogen and oxygen atoms in total. The fourth-order valence-electron chi connectivity index (χ4n) is 2.70. The second kappa shape index (κ2) is 4.18. The Morgan fingerprint density at radius 3 is 2.57 bits per heavy atom. The van der Waals surface area contributed by atoms with Crippen LogP contribution < -0.4 is 9.47 Å². The van der Waals surface area contributed by atoms with Crippen molar-refractivity contribution in [3.63, 3.8) is 0 Å². The Morgan fingerprint density at radius 2 is 1.76 bits per heavy atom. The van der Waals surface area contributed by atoms with Gasteiger partial charge in [0.1, 0.15) is 5.52 Å². The van der Waals surface area contributed by atoms with E-state index in [1.54, 1.807) is 0 Å². The molecule has 0 spiro atoms. The number of benzene rings is 1. The molecular formula is C15H14N4O2. The number of aromatic nitrogens is 4. The van der Waals surface area contributed by atoms with Gasteiger partial charge in [-0.05, 0) is 32.9 Å². The second-order valence-corrected chi connectivity index (χ2v) is 5.13. The first kappa shape index (κ1) is 12.1. The second-order valence-electron chi connectivity index (χ2n) is 5.13. The van der Waals surface area contributed by atoms with Crippen LogP contribution in [0.15, 0.2) is 18.2 Å². The maximum atomic E-state index is 5.43. The number of hydrogen-bond acceptors (Lipinski definition) is 5. The number of fused-ring (bicyclic) bond motifs is 2. The van der Waals surface area contributed by atoms with Crippen LogP contribution in [0.25, 0.3) is 16.6 Å². The molecule has 3 heterocycles. The SMILES string of the molecule is Cc1nnc(C)c2c(C)n(-c3ccc4c(c3)OCO4)nc12. The molecule has 6 heteroatoms. The van der Waals surface area contributed by atoms with Gasteiger partial charge in [0, 0.05) is 11.5 Å². The van der Waals surface area contributed by atoms with Gasteiger partial charge in [0.15, 0.2) is 11.5 Å². The first-order valence-corrected chi connectivity index (χ1v) is 6.74. The van der Waals surface area contributed by atoms with Gasteiger partial charge < -0.3 is 9.47 Å². The van der Waals surface area contributed by atoms with Crippen molar-refractivity contribution in [2.45, 2.75) is 20.8 Å². The minimum absolute atomic E-state index is 0.269. The van der Waals surface area contributed by atoms with Crippen LogP contribution in [0.2, 0.25) is 0 Å². The Balaban J connectivity index is 1.97. The summed E-state index contributed by atoms with van der Waals surface area (Å²) in [6, 6.07) is 5.81. The quantitative estimate of drug-likeness (QED) is 0.686. The van der Waals surface area contributed by atoms with Crippen molar-refractivity contribution in [1.82, 2.24) is 20.0 Å². The topological polar surface area (TPSA) is 62.1 Å². The summed E-state index contributed by atoms with van der Waals surface area (Å²) in [5.74, 6) is 1.51. The van der Waals surface area contributed by atoms with Gasteiger partial charge in [0.2, 0.25) is 6.79 Å². The number of nitrogens with zero attached hydrogens (tertiary/aromatic N) is 4. The van der Waals surface area contributed by atoms with Crippen LogP contribution in [-0.4, -0.2) is 26.8 Å². The Hall–Kier alpha value is -2.63. The third-order valence-electron chi connectivity index (χ3n) is 3.77. The molecule has 0 N–H and O–H groups in total. The van der Waals surface area contributed by atoms with E-state index in [1.165, 1.54) is 0 Å². The number of hydrogen-bond donors (Lipinski definition) is 0. The van der Waals surface area contributed by atoms with Gasteiger partial charge in [-0.3, -0.25) is 0 Å². The lowest BCUT2D eigenvalue weighted by Crippen LogP contribution is -1.98. The highest BCUT2D eigenvalue weighted by molar-refractivity contribution is 5.85. The molecule has 0 fully saturated rings. The van der Waals surface area contributed by atoms with Crippen LogP contribution in [0.1, 0.15) is 17.1 Å². The summed E-state index contributed by atoms with van der Waals surface area (Å²) in [6.07, 6.45) is 0. The lowest BCUT2D eigenvalue weighted by Gasteiger charge is -2.05.